The van der Waals surface area contributed by atoms with Crippen molar-refractivity contribution in [2.45, 2.75) is 6.54 Å². The first-order valence-corrected chi connectivity index (χ1v) is 9.41. The molecule has 0 bridgehead atoms. The Morgan fingerprint density at radius 2 is 2.00 bits per heavy atom. The first kappa shape index (κ1) is 20.3. The fraction of sp³-hybridized carbons (Fsp3) is 0.227. The quantitative estimate of drug-likeness (QED) is 0.545. The Hall–Kier alpha value is -3.47. The molecule has 7 heteroatoms. The number of hydrogen-bond acceptors (Lipinski definition) is 7. The van der Waals surface area contributed by atoms with E-state index in [2.05, 4.69) is 43.7 Å². The summed E-state index contributed by atoms with van der Waals surface area (Å²) >= 11 is 0. The number of nitrogens with one attached hydrogen (secondary N) is 2. The van der Waals surface area contributed by atoms with Gasteiger partial charge >= 0.3 is 0 Å². The van der Waals surface area contributed by atoms with E-state index >= 15 is 0 Å². The third-order valence-corrected chi connectivity index (χ3v) is 4.23. The normalized spacial score (nSPS) is 10.6. The fourth-order valence-electron chi connectivity index (χ4n) is 2.98. The van der Waals surface area contributed by atoms with Gasteiger partial charge in [0.2, 0.25) is 5.95 Å². The maximum Gasteiger partial charge on any atom is 0.227 e. The van der Waals surface area contributed by atoms with E-state index in [9.17, 15) is 5.26 Å². The highest BCUT2D eigenvalue weighted by atomic mass is 15.1. The number of hydrogen-bond donors (Lipinski definition) is 3. The Bertz CT molecular complexity index is 1010. The summed E-state index contributed by atoms with van der Waals surface area (Å²) in [4.78, 5) is 11.1. The summed E-state index contributed by atoms with van der Waals surface area (Å²) in [5.74, 6) is 0.508. The standard InChI is InChI=1S/C22H25N7/c1-29(2)15-16-4-3-5-19(12-16)27-22-26-10-8-21(28-22)17-6-7-20(25-11-9-23)18(13-17)14-24/h3-8,10,12-13,25H,9,11,15,23H2,1-2H3,(H,26,27,28). The molecule has 0 saturated carbocycles. The number of aromatic nitrogens is 2. The molecule has 3 rings (SSSR count). The van der Waals surface area contributed by atoms with E-state index in [1.165, 1.54) is 5.56 Å². The number of benzene rings is 2. The minimum Gasteiger partial charge on any atom is -0.383 e. The molecule has 0 spiro atoms. The molecule has 1 aromatic heterocycles. The minimum absolute atomic E-state index is 0.503. The number of nitriles is 1. The summed E-state index contributed by atoms with van der Waals surface area (Å²) in [5.41, 5.74) is 10.6. The highest BCUT2D eigenvalue weighted by molar-refractivity contribution is 5.69. The van der Waals surface area contributed by atoms with Gasteiger partial charge in [0.15, 0.2) is 0 Å². The Balaban J connectivity index is 1.82. The van der Waals surface area contributed by atoms with Crippen molar-refractivity contribution in [3.8, 4) is 17.3 Å². The predicted octanol–water partition coefficient (Wildman–Crippen LogP) is 3.19. The highest BCUT2D eigenvalue weighted by Gasteiger charge is 2.08. The van der Waals surface area contributed by atoms with Gasteiger partial charge in [-0.2, -0.15) is 5.26 Å². The van der Waals surface area contributed by atoms with E-state index in [1.54, 1.807) is 6.20 Å². The highest BCUT2D eigenvalue weighted by Crippen LogP contribution is 2.25. The van der Waals surface area contributed by atoms with Gasteiger partial charge in [0.05, 0.1) is 16.9 Å². The van der Waals surface area contributed by atoms with E-state index in [0.29, 0.717) is 24.6 Å². The second-order valence-electron chi connectivity index (χ2n) is 6.92. The van der Waals surface area contributed by atoms with Gasteiger partial charge in [-0.1, -0.05) is 18.2 Å². The molecule has 0 saturated heterocycles. The molecule has 2 aromatic carbocycles. The molecular weight excluding hydrogens is 362 g/mol. The molecule has 0 unspecified atom stereocenters. The summed E-state index contributed by atoms with van der Waals surface area (Å²) in [7, 11) is 4.08. The Labute approximate surface area is 171 Å². The summed E-state index contributed by atoms with van der Waals surface area (Å²) in [6.07, 6.45) is 1.71. The van der Waals surface area contributed by atoms with Crippen LogP contribution in [0, 0.1) is 11.3 Å². The molecule has 29 heavy (non-hydrogen) atoms. The average molecular weight is 387 g/mol. The average Bonchev–Trinajstić information content (AvgIpc) is 2.72. The van der Waals surface area contributed by atoms with Gasteiger partial charge < -0.3 is 21.3 Å². The second kappa shape index (κ2) is 9.64. The van der Waals surface area contributed by atoms with Gasteiger partial charge in [0, 0.05) is 37.1 Å². The van der Waals surface area contributed by atoms with Crippen molar-refractivity contribution in [1.29, 1.82) is 5.26 Å². The third kappa shape index (κ3) is 5.51. The zero-order valence-electron chi connectivity index (χ0n) is 16.7. The predicted molar refractivity (Wildman–Crippen MR) is 117 cm³/mol. The summed E-state index contributed by atoms with van der Waals surface area (Å²) in [6, 6.07) is 17.9. The lowest BCUT2D eigenvalue weighted by atomic mass is 10.1. The lowest BCUT2D eigenvalue weighted by molar-refractivity contribution is 0.402. The van der Waals surface area contributed by atoms with Crippen LogP contribution in [0.25, 0.3) is 11.3 Å². The number of nitrogens with two attached hydrogens (primary N) is 1. The monoisotopic (exact) mass is 387 g/mol. The molecule has 0 aliphatic rings. The minimum atomic E-state index is 0.503. The van der Waals surface area contributed by atoms with Gasteiger partial charge in [0.1, 0.15) is 6.07 Å². The van der Waals surface area contributed by atoms with Crippen LogP contribution in [0.1, 0.15) is 11.1 Å². The molecule has 148 valence electrons. The number of anilines is 3. The molecule has 0 radical (unpaired) electrons. The molecule has 4 N–H and O–H groups in total. The zero-order chi connectivity index (χ0) is 20.6. The zero-order valence-corrected chi connectivity index (χ0v) is 16.7. The SMILES string of the molecule is CN(C)Cc1cccc(Nc2nccc(-c3ccc(NCCN)c(C#N)c3)n2)c1. The van der Waals surface area contributed by atoms with Crippen LogP contribution in [0.3, 0.4) is 0 Å². The lowest BCUT2D eigenvalue weighted by Gasteiger charge is -2.12. The van der Waals surface area contributed by atoms with E-state index in [0.717, 1.165) is 29.2 Å². The van der Waals surface area contributed by atoms with Crippen molar-refractivity contribution < 1.29 is 0 Å². The van der Waals surface area contributed by atoms with Crippen LogP contribution in [0.4, 0.5) is 17.3 Å². The van der Waals surface area contributed by atoms with Crippen LogP contribution >= 0.6 is 0 Å². The van der Waals surface area contributed by atoms with E-state index in [-0.39, 0.29) is 0 Å². The molecule has 1 heterocycles. The fourth-order valence-corrected chi connectivity index (χ4v) is 2.98. The molecule has 7 nitrogen and oxygen atoms in total. The summed E-state index contributed by atoms with van der Waals surface area (Å²) in [5, 5.41) is 15.9. The van der Waals surface area contributed by atoms with Crippen LogP contribution in [0.15, 0.2) is 54.7 Å². The summed E-state index contributed by atoms with van der Waals surface area (Å²) in [6.45, 7) is 1.98. The van der Waals surface area contributed by atoms with Crippen LogP contribution < -0.4 is 16.4 Å². The molecule has 0 fully saturated rings. The van der Waals surface area contributed by atoms with Gasteiger partial charge in [-0.25, -0.2) is 9.97 Å². The molecule has 3 aromatic rings. The molecular formula is C22H25N7. The van der Waals surface area contributed by atoms with Gasteiger partial charge in [-0.15, -0.1) is 0 Å². The molecule has 0 atom stereocenters. The van der Waals surface area contributed by atoms with E-state index in [1.807, 2.05) is 50.5 Å². The Morgan fingerprint density at radius 3 is 2.76 bits per heavy atom. The van der Waals surface area contributed by atoms with Gasteiger partial charge in [-0.3, -0.25) is 0 Å². The van der Waals surface area contributed by atoms with Crippen molar-refractivity contribution in [2.24, 2.45) is 5.73 Å². The molecule has 0 amide bonds. The maximum atomic E-state index is 9.46. The van der Waals surface area contributed by atoms with Crippen LogP contribution in [-0.4, -0.2) is 42.1 Å². The number of rotatable bonds is 8. The molecule has 0 aliphatic heterocycles. The van der Waals surface area contributed by atoms with Crippen molar-refractivity contribution in [3.05, 3.63) is 65.9 Å². The van der Waals surface area contributed by atoms with Crippen molar-refractivity contribution >= 4 is 17.3 Å². The Kier molecular flexibility index (Phi) is 6.74. The van der Waals surface area contributed by atoms with Crippen LogP contribution in [0.5, 0.6) is 0 Å². The van der Waals surface area contributed by atoms with Gasteiger partial charge in [0.25, 0.3) is 0 Å². The summed E-state index contributed by atoms with van der Waals surface area (Å²) < 4.78 is 0. The second-order valence-corrected chi connectivity index (χ2v) is 6.92. The van der Waals surface area contributed by atoms with Crippen molar-refractivity contribution in [2.75, 3.05) is 37.8 Å². The third-order valence-electron chi connectivity index (χ3n) is 4.23. The van der Waals surface area contributed by atoms with E-state index in [4.69, 9.17) is 5.73 Å². The molecule has 0 aliphatic carbocycles. The maximum absolute atomic E-state index is 9.46. The first-order valence-electron chi connectivity index (χ1n) is 9.41. The van der Waals surface area contributed by atoms with Crippen molar-refractivity contribution in [3.63, 3.8) is 0 Å². The van der Waals surface area contributed by atoms with Gasteiger partial charge in [-0.05, 0) is 50.0 Å². The smallest absolute Gasteiger partial charge is 0.227 e. The topological polar surface area (TPSA) is 103 Å². The van der Waals surface area contributed by atoms with Crippen LogP contribution in [-0.2, 0) is 6.54 Å². The largest absolute Gasteiger partial charge is 0.383 e. The Morgan fingerprint density at radius 1 is 1.14 bits per heavy atom. The van der Waals surface area contributed by atoms with E-state index < -0.39 is 0 Å². The number of nitrogens with zero attached hydrogens (tertiary/aromatic N) is 4. The first-order chi connectivity index (χ1) is 14.1. The van der Waals surface area contributed by atoms with Crippen LogP contribution in [0.2, 0.25) is 0 Å². The van der Waals surface area contributed by atoms with Crippen molar-refractivity contribution in [1.82, 2.24) is 14.9 Å². The lowest BCUT2D eigenvalue weighted by Crippen LogP contribution is -2.13.